The number of rotatable bonds is 3. The van der Waals surface area contributed by atoms with Crippen molar-refractivity contribution in [1.29, 1.82) is 0 Å². The Morgan fingerprint density at radius 3 is 2.76 bits per heavy atom. The van der Waals surface area contributed by atoms with Crippen LogP contribution in [0.5, 0.6) is 0 Å². The standard InChI is InChI=1S/C18H13FN4OS/c1-11-20-15-9-5-3-7-13(15)16-17(24)21-18(22-23(11)16)25-10-12-6-2-4-8-14(12)19/h2-9H,10H2,1H3/p+1. The van der Waals surface area contributed by atoms with E-state index in [0.717, 1.165) is 10.9 Å². The molecule has 0 aliphatic heterocycles. The van der Waals surface area contributed by atoms with E-state index in [2.05, 4.69) is 15.1 Å². The summed E-state index contributed by atoms with van der Waals surface area (Å²) >= 11 is 1.28. The number of hydrogen-bond acceptors (Lipinski definition) is 4. The fraction of sp³-hybridized carbons (Fsp3) is 0.111. The van der Waals surface area contributed by atoms with Crippen LogP contribution in [0.15, 0.2) is 58.5 Å². The second-order valence-electron chi connectivity index (χ2n) is 5.58. The number of aromatic amines is 1. The Morgan fingerprint density at radius 2 is 1.92 bits per heavy atom. The van der Waals surface area contributed by atoms with Crippen molar-refractivity contribution in [3.63, 3.8) is 0 Å². The lowest BCUT2D eigenvalue weighted by Crippen LogP contribution is -2.38. The molecule has 124 valence electrons. The van der Waals surface area contributed by atoms with E-state index in [-0.39, 0.29) is 11.4 Å². The maximum Gasteiger partial charge on any atom is 0.321 e. The number of benzene rings is 2. The molecule has 1 N–H and O–H groups in total. The highest BCUT2D eigenvalue weighted by atomic mass is 32.2. The number of aryl methyl sites for hydroxylation is 1. The SMILES string of the molecule is Cc1nc2ccccc2c2c(=O)[nH]c(SCc3ccccc3F)n[n+]12. The quantitative estimate of drug-likeness (QED) is 0.349. The highest BCUT2D eigenvalue weighted by Crippen LogP contribution is 2.20. The van der Waals surface area contributed by atoms with Crippen molar-refractivity contribution >= 4 is 28.2 Å². The van der Waals surface area contributed by atoms with Gasteiger partial charge in [-0.25, -0.2) is 4.39 Å². The largest absolute Gasteiger partial charge is 0.321 e. The molecule has 4 aromatic rings. The van der Waals surface area contributed by atoms with Crippen LogP contribution in [0, 0.1) is 12.7 Å². The van der Waals surface area contributed by atoms with E-state index in [9.17, 15) is 9.18 Å². The van der Waals surface area contributed by atoms with Crippen LogP contribution in [-0.4, -0.2) is 15.1 Å². The molecule has 0 aliphatic rings. The number of thioether (sulfide) groups is 1. The van der Waals surface area contributed by atoms with Gasteiger partial charge in [-0.15, -0.1) is 0 Å². The third kappa shape index (κ3) is 2.87. The molecule has 5 nitrogen and oxygen atoms in total. The van der Waals surface area contributed by atoms with Crippen LogP contribution in [0.25, 0.3) is 16.4 Å². The van der Waals surface area contributed by atoms with Gasteiger partial charge in [-0.1, -0.05) is 51.7 Å². The third-order valence-corrected chi connectivity index (χ3v) is 4.82. The van der Waals surface area contributed by atoms with E-state index in [1.807, 2.05) is 24.3 Å². The molecule has 0 spiro atoms. The van der Waals surface area contributed by atoms with Gasteiger partial charge in [0.1, 0.15) is 5.82 Å². The van der Waals surface area contributed by atoms with Crippen molar-refractivity contribution < 1.29 is 8.91 Å². The molecule has 2 heterocycles. The van der Waals surface area contributed by atoms with Crippen LogP contribution in [0.2, 0.25) is 0 Å². The smallest absolute Gasteiger partial charge is 0.295 e. The Balaban J connectivity index is 1.80. The number of para-hydroxylation sites is 1. The zero-order valence-corrected chi connectivity index (χ0v) is 14.2. The normalized spacial score (nSPS) is 11.3. The van der Waals surface area contributed by atoms with Crippen LogP contribution in [0.3, 0.4) is 0 Å². The van der Waals surface area contributed by atoms with E-state index < -0.39 is 0 Å². The Hall–Kier alpha value is -2.80. The molecule has 0 radical (unpaired) electrons. The first-order chi connectivity index (χ1) is 12.1. The molecule has 0 bridgehead atoms. The first-order valence-corrected chi connectivity index (χ1v) is 8.70. The second-order valence-corrected chi connectivity index (χ2v) is 6.54. The molecule has 2 aromatic carbocycles. The highest BCUT2D eigenvalue weighted by Gasteiger charge is 2.19. The van der Waals surface area contributed by atoms with Gasteiger partial charge in [0.2, 0.25) is 10.7 Å². The van der Waals surface area contributed by atoms with Crippen LogP contribution in [0.4, 0.5) is 4.39 Å². The lowest BCUT2D eigenvalue weighted by Gasteiger charge is -2.03. The summed E-state index contributed by atoms with van der Waals surface area (Å²) in [5.74, 6) is 0.726. The van der Waals surface area contributed by atoms with Crippen molar-refractivity contribution in [1.82, 2.24) is 15.1 Å². The topological polar surface area (TPSA) is 62.7 Å². The Kier molecular flexibility index (Phi) is 3.93. The highest BCUT2D eigenvalue weighted by molar-refractivity contribution is 7.98. The summed E-state index contributed by atoms with van der Waals surface area (Å²) in [6.45, 7) is 1.80. The molecule has 0 unspecified atom stereocenters. The molecule has 0 aliphatic carbocycles. The van der Waals surface area contributed by atoms with Crippen molar-refractivity contribution in [2.75, 3.05) is 0 Å². The molecule has 0 saturated heterocycles. The first kappa shape index (κ1) is 15.7. The summed E-state index contributed by atoms with van der Waals surface area (Å²) in [6.07, 6.45) is 0. The maximum absolute atomic E-state index is 13.7. The predicted octanol–water partition coefficient (Wildman–Crippen LogP) is 2.80. The van der Waals surface area contributed by atoms with Crippen molar-refractivity contribution in [3.8, 4) is 0 Å². The molecule has 0 saturated carbocycles. The monoisotopic (exact) mass is 353 g/mol. The summed E-state index contributed by atoms with van der Waals surface area (Å²) < 4.78 is 15.3. The molecular formula is C18H14FN4OS+. The molecule has 7 heteroatoms. The third-order valence-electron chi connectivity index (χ3n) is 3.91. The van der Waals surface area contributed by atoms with Gasteiger partial charge in [0.25, 0.3) is 0 Å². The molecule has 0 amide bonds. The van der Waals surface area contributed by atoms with Gasteiger partial charge in [-0.05, 0) is 28.7 Å². The molecule has 0 fully saturated rings. The minimum atomic E-state index is -0.269. The van der Waals surface area contributed by atoms with E-state index >= 15 is 0 Å². The fourth-order valence-electron chi connectivity index (χ4n) is 2.71. The van der Waals surface area contributed by atoms with Gasteiger partial charge in [0.05, 0.1) is 5.39 Å². The molecule has 2 aromatic heterocycles. The zero-order chi connectivity index (χ0) is 17.4. The van der Waals surface area contributed by atoms with Gasteiger partial charge in [0.15, 0.2) is 5.52 Å². The number of nitrogens with zero attached hydrogens (tertiary/aromatic N) is 3. The van der Waals surface area contributed by atoms with Gasteiger partial charge in [-0.2, -0.15) is 0 Å². The molecular weight excluding hydrogens is 339 g/mol. The predicted molar refractivity (Wildman–Crippen MR) is 94.0 cm³/mol. The number of fused-ring (bicyclic) bond motifs is 3. The number of halogens is 1. The van der Waals surface area contributed by atoms with Crippen molar-refractivity contribution in [2.45, 2.75) is 17.8 Å². The number of hydrogen-bond donors (Lipinski definition) is 1. The average Bonchev–Trinajstić information content (AvgIpc) is 2.61. The summed E-state index contributed by atoms with van der Waals surface area (Å²) in [7, 11) is 0. The van der Waals surface area contributed by atoms with E-state index in [1.165, 1.54) is 17.8 Å². The lowest BCUT2D eigenvalue weighted by molar-refractivity contribution is -0.596. The number of nitrogens with one attached hydrogen (secondary N) is 1. The average molecular weight is 353 g/mol. The molecule has 0 atom stereocenters. The summed E-state index contributed by atoms with van der Waals surface area (Å²) in [5.41, 5.74) is 1.53. The van der Waals surface area contributed by atoms with Crippen molar-refractivity contribution in [2.24, 2.45) is 0 Å². The Labute approximate surface area is 146 Å². The van der Waals surface area contributed by atoms with Gasteiger partial charge in [-0.3, -0.25) is 9.78 Å². The van der Waals surface area contributed by atoms with Crippen LogP contribution in [0.1, 0.15) is 11.4 Å². The van der Waals surface area contributed by atoms with Crippen LogP contribution < -0.4 is 10.1 Å². The summed E-state index contributed by atoms with van der Waals surface area (Å²) in [6, 6.07) is 14.0. The summed E-state index contributed by atoms with van der Waals surface area (Å²) in [4.78, 5) is 19.9. The van der Waals surface area contributed by atoms with Crippen molar-refractivity contribution in [3.05, 3.63) is 76.1 Å². The minimum absolute atomic E-state index is 0.243. The van der Waals surface area contributed by atoms with E-state index in [1.54, 1.807) is 29.6 Å². The second kappa shape index (κ2) is 6.25. The lowest BCUT2D eigenvalue weighted by atomic mass is 10.2. The molecule has 4 rings (SSSR count). The zero-order valence-electron chi connectivity index (χ0n) is 13.4. The Morgan fingerprint density at radius 1 is 1.16 bits per heavy atom. The summed E-state index contributed by atoms with van der Waals surface area (Å²) in [5, 5.41) is 5.63. The van der Waals surface area contributed by atoms with Crippen LogP contribution in [-0.2, 0) is 5.75 Å². The molecule has 25 heavy (non-hydrogen) atoms. The van der Waals surface area contributed by atoms with Crippen LogP contribution >= 0.6 is 11.8 Å². The first-order valence-electron chi connectivity index (χ1n) is 7.71. The number of aromatic nitrogens is 4. The van der Waals surface area contributed by atoms with E-state index in [4.69, 9.17) is 0 Å². The fourth-order valence-corrected chi connectivity index (χ4v) is 3.54. The maximum atomic E-state index is 13.7. The number of H-pyrrole nitrogens is 1. The minimum Gasteiger partial charge on any atom is -0.295 e. The van der Waals surface area contributed by atoms with Gasteiger partial charge < -0.3 is 0 Å². The van der Waals surface area contributed by atoms with Gasteiger partial charge >= 0.3 is 11.4 Å². The Bertz CT molecular complexity index is 1160. The van der Waals surface area contributed by atoms with Gasteiger partial charge in [0, 0.05) is 12.7 Å². The van der Waals surface area contributed by atoms with E-state index in [0.29, 0.717) is 27.8 Å².